The van der Waals surface area contributed by atoms with Crippen molar-refractivity contribution in [2.24, 2.45) is 0 Å². The van der Waals surface area contributed by atoms with Crippen LogP contribution in [0.15, 0.2) is 57.7 Å². The van der Waals surface area contributed by atoms with Crippen LogP contribution in [-0.2, 0) is 4.79 Å². The summed E-state index contributed by atoms with van der Waals surface area (Å²) in [6.45, 7) is 1.38. The zero-order chi connectivity index (χ0) is 18.7. The number of nitrogens with one attached hydrogen (secondary N) is 2. The molecule has 2 N–H and O–H groups in total. The fourth-order valence-corrected chi connectivity index (χ4v) is 2.49. The molecule has 0 atom stereocenters. The third-order valence-electron chi connectivity index (χ3n) is 3.63. The minimum atomic E-state index is -0.605. The third kappa shape index (κ3) is 3.56. The number of carbonyl (C=O) groups is 2. The summed E-state index contributed by atoms with van der Waals surface area (Å²) in [6.07, 6.45) is 0. The molecule has 0 unspecified atom stereocenters. The third-order valence-corrected chi connectivity index (χ3v) is 3.63. The van der Waals surface area contributed by atoms with Crippen LogP contribution in [0.3, 0.4) is 0 Å². The number of amides is 2. The van der Waals surface area contributed by atoms with E-state index in [1.165, 1.54) is 14.0 Å². The maximum atomic E-state index is 12.5. The van der Waals surface area contributed by atoms with Gasteiger partial charge >= 0.3 is 0 Å². The Kier molecular flexibility index (Phi) is 4.70. The number of fused-ring (bicyclic) bond motifs is 1. The van der Waals surface area contributed by atoms with E-state index in [1.807, 2.05) is 0 Å². The van der Waals surface area contributed by atoms with E-state index in [4.69, 9.17) is 9.15 Å². The SMILES string of the molecule is COc1ccc(NC(C)=O)cc1NC(=O)c1cc(=O)c2ccccc2o1. The molecule has 0 aliphatic carbocycles. The predicted octanol–water partition coefficient (Wildman–Crippen LogP) is 3.01. The smallest absolute Gasteiger partial charge is 0.291 e. The molecule has 0 spiro atoms. The van der Waals surface area contributed by atoms with Crippen LogP contribution in [0.1, 0.15) is 17.5 Å². The molecule has 1 aromatic heterocycles. The maximum absolute atomic E-state index is 12.5. The summed E-state index contributed by atoms with van der Waals surface area (Å²) in [6, 6.07) is 12.6. The first-order valence-corrected chi connectivity index (χ1v) is 7.78. The van der Waals surface area contributed by atoms with Crippen molar-refractivity contribution >= 4 is 34.2 Å². The van der Waals surface area contributed by atoms with Crippen LogP contribution in [-0.4, -0.2) is 18.9 Å². The molecule has 0 aliphatic rings. The molecular formula is C19H16N2O5. The lowest BCUT2D eigenvalue weighted by Crippen LogP contribution is -2.16. The molecule has 2 amide bonds. The number of carbonyl (C=O) groups excluding carboxylic acids is 2. The summed E-state index contributed by atoms with van der Waals surface area (Å²) >= 11 is 0. The van der Waals surface area contributed by atoms with Gasteiger partial charge in [-0.3, -0.25) is 14.4 Å². The molecule has 0 radical (unpaired) electrons. The number of anilines is 2. The second kappa shape index (κ2) is 7.10. The van der Waals surface area contributed by atoms with Crippen LogP contribution in [0, 0.1) is 0 Å². The molecule has 3 rings (SSSR count). The Morgan fingerprint density at radius 2 is 1.81 bits per heavy atom. The van der Waals surface area contributed by atoms with Gasteiger partial charge in [-0.25, -0.2) is 0 Å². The first-order chi connectivity index (χ1) is 12.5. The van der Waals surface area contributed by atoms with Gasteiger partial charge in [0, 0.05) is 18.7 Å². The average molecular weight is 352 g/mol. The van der Waals surface area contributed by atoms with Crippen LogP contribution in [0.5, 0.6) is 5.75 Å². The monoisotopic (exact) mass is 352 g/mol. The highest BCUT2D eigenvalue weighted by Crippen LogP contribution is 2.28. The summed E-state index contributed by atoms with van der Waals surface area (Å²) in [7, 11) is 1.46. The van der Waals surface area contributed by atoms with Crippen LogP contribution in [0.2, 0.25) is 0 Å². The number of hydrogen-bond acceptors (Lipinski definition) is 5. The van der Waals surface area contributed by atoms with Crippen molar-refractivity contribution in [3.8, 4) is 5.75 Å². The molecule has 7 heteroatoms. The molecule has 1 heterocycles. The highest BCUT2D eigenvalue weighted by atomic mass is 16.5. The number of hydrogen-bond donors (Lipinski definition) is 2. The standard InChI is InChI=1S/C19H16N2O5/c1-11(22)20-12-7-8-17(25-2)14(9-12)21-19(24)18-10-15(23)13-5-3-4-6-16(13)26-18/h3-10H,1-2H3,(H,20,22)(H,21,24). The van der Waals surface area contributed by atoms with Crippen molar-refractivity contribution in [2.75, 3.05) is 17.7 Å². The normalized spacial score (nSPS) is 10.4. The second-order valence-electron chi connectivity index (χ2n) is 5.52. The Morgan fingerprint density at radius 1 is 1.04 bits per heavy atom. The van der Waals surface area contributed by atoms with Gasteiger partial charge in [-0.15, -0.1) is 0 Å². The molecule has 0 saturated carbocycles. The van der Waals surface area contributed by atoms with Crippen LogP contribution < -0.4 is 20.8 Å². The van der Waals surface area contributed by atoms with Crippen molar-refractivity contribution in [3.05, 3.63) is 64.5 Å². The Balaban J connectivity index is 1.94. The fourth-order valence-electron chi connectivity index (χ4n) is 2.49. The van der Waals surface area contributed by atoms with E-state index in [0.717, 1.165) is 6.07 Å². The molecule has 0 aliphatic heterocycles. The quantitative estimate of drug-likeness (QED) is 0.752. The summed E-state index contributed by atoms with van der Waals surface area (Å²) in [5.41, 5.74) is 0.841. The van der Waals surface area contributed by atoms with E-state index in [0.29, 0.717) is 28.1 Å². The Labute approximate surface area is 148 Å². The van der Waals surface area contributed by atoms with Crippen LogP contribution in [0.25, 0.3) is 11.0 Å². The molecule has 3 aromatic rings. The van der Waals surface area contributed by atoms with Crippen molar-refractivity contribution in [3.63, 3.8) is 0 Å². The van der Waals surface area contributed by atoms with Gasteiger partial charge < -0.3 is 19.8 Å². The van der Waals surface area contributed by atoms with Crippen molar-refractivity contribution in [1.29, 1.82) is 0 Å². The predicted molar refractivity (Wildman–Crippen MR) is 97.7 cm³/mol. The summed E-state index contributed by atoms with van der Waals surface area (Å²) < 4.78 is 10.7. The number of benzene rings is 2. The molecule has 0 bridgehead atoms. The highest BCUT2D eigenvalue weighted by Gasteiger charge is 2.15. The zero-order valence-electron chi connectivity index (χ0n) is 14.2. The van der Waals surface area contributed by atoms with Crippen molar-refractivity contribution in [1.82, 2.24) is 0 Å². The van der Waals surface area contributed by atoms with E-state index in [1.54, 1.807) is 42.5 Å². The van der Waals surface area contributed by atoms with E-state index >= 15 is 0 Å². The lowest BCUT2D eigenvalue weighted by molar-refractivity contribution is -0.114. The van der Waals surface area contributed by atoms with Crippen molar-refractivity contribution < 1.29 is 18.7 Å². The topological polar surface area (TPSA) is 97.6 Å². The van der Waals surface area contributed by atoms with Gasteiger partial charge in [0.15, 0.2) is 11.2 Å². The van der Waals surface area contributed by atoms with Gasteiger partial charge in [-0.1, -0.05) is 12.1 Å². The summed E-state index contributed by atoms with van der Waals surface area (Å²) in [5, 5.41) is 5.66. The average Bonchev–Trinajstić information content (AvgIpc) is 2.61. The van der Waals surface area contributed by atoms with Gasteiger partial charge in [0.1, 0.15) is 11.3 Å². The van der Waals surface area contributed by atoms with E-state index in [9.17, 15) is 14.4 Å². The fraction of sp³-hybridized carbons (Fsp3) is 0.105. The molecule has 0 saturated heterocycles. The number of para-hydroxylation sites is 1. The minimum absolute atomic E-state index is 0.124. The van der Waals surface area contributed by atoms with Gasteiger partial charge in [-0.05, 0) is 30.3 Å². The van der Waals surface area contributed by atoms with E-state index in [-0.39, 0.29) is 17.1 Å². The van der Waals surface area contributed by atoms with Crippen molar-refractivity contribution in [2.45, 2.75) is 6.92 Å². The molecule has 2 aromatic carbocycles. The number of ether oxygens (including phenoxy) is 1. The van der Waals surface area contributed by atoms with Crippen LogP contribution >= 0.6 is 0 Å². The van der Waals surface area contributed by atoms with E-state index < -0.39 is 5.91 Å². The largest absolute Gasteiger partial charge is 0.495 e. The lowest BCUT2D eigenvalue weighted by Gasteiger charge is -2.12. The maximum Gasteiger partial charge on any atom is 0.291 e. The van der Waals surface area contributed by atoms with Gasteiger partial charge in [0.25, 0.3) is 5.91 Å². The molecule has 7 nitrogen and oxygen atoms in total. The Morgan fingerprint density at radius 3 is 2.54 bits per heavy atom. The van der Waals surface area contributed by atoms with E-state index in [2.05, 4.69) is 10.6 Å². The summed E-state index contributed by atoms with van der Waals surface area (Å²) in [5.74, 6) is -0.574. The molecular weight excluding hydrogens is 336 g/mol. The van der Waals surface area contributed by atoms with Gasteiger partial charge in [0.2, 0.25) is 5.91 Å². The molecule has 0 fully saturated rings. The van der Waals surface area contributed by atoms with Crippen LogP contribution in [0.4, 0.5) is 11.4 Å². The number of methoxy groups -OCH3 is 1. The Bertz CT molecular complexity index is 1060. The first kappa shape index (κ1) is 17.2. The van der Waals surface area contributed by atoms with Gasteiger partial charge in [-0.2, -0.15) is 0 Å². The first-order valence-electron chi connectivity index (χ1n) is 7.78. The zero-order valence-corrected chi connectivity index (χ0v) is 14.2. The highest BCUT2D eigenvalue weighted by molar-refractivity contribution is 6.04. The lowest BCUT2D eigenvalue weighted by atomic mass is 10.2. The summed E-state index contributed by atoms with van der Waals surface area (Å²) in [4.78, 5) is 35.9. The molecule has 132 valence electrons. The van der Waals surface area contributed by atoms with Gasteiger partial charge in [0.05, 0.1) is 18.2 Å². The minimum Gasteiger partial charge on any atom is -0.495 e. The number of rotatable bonds is 4. The Hall–Kier alpha value is -3.61. The molecule has 26 heavy (non-hydrogen) atoms. The second-order valence-corrected chi connectivity index (χ2v) is 5.52.